The SMILES string of the molecule is Cc1nc(CCNc2nc(-c3cccnc3)nc3c2cnn3C)cc(=O)[nH]1. The molecule has 0 aliphatic heterocycles. The number of rotatable bonds is 5. The Morgan fingerprint density at radius 1 is 1.22 bits per heavy atom. The van der Waals surface area contributed by atoms with E-state index in [1.807, 2.05) is 19.2 Å². The van der Waals surface area contributed by atoms with Crippen molar-refractivity contribution in [3.63, 3.8) is 0 Å². The fourth-order valence-electron chi connectivity index (χ4n) is 2.86. The van der Waals surface area contributed by atoms with Crippen molar-refractivity contribution in [3.8, 4) is 11.4 Å². The highest BCUT2D eigenvalue weighted by Crippen LogP contribution is 2.24. The van der Waals surface area contributed by atoms with E-state index in [-0.39, 0.29) is 5.56 Å². The highest BCUT2D eigenvalue weighted by atomic mass is 16.1. The number of H-pyrrole nitrogens is 1. The normalized spacial score (nSPS) is 11.0. The molecule has 9 heteroatoms. The van der Waals surface area contributed by atoms with E-state index in [9.17, 15) is 4.79 Å². The number of pyridine rings is 1. The molecule has 136 valence electrons. The molecule has 0 unspecified atom stereocenters. The van der Waals surface area contributed by atoms with Crippen molar-refractivity contribution in [3.05, 3.63) is 58.7 Å². The van der Waals surface area contributed by atoms with Crippen molar-refractivity contribution in [2.75, 3.05) is 11.9 Å². The summed E-state index contributed by atoms with van der Waals surface area (Å²) in [6, 6.07) is 5.27. The van der Waals surface area contributed by atoms with Crippen molar-refractivity contribution >= 4 is 16.9 Å². The van der Waals surface area contributed by atoms with Crippen molar-refractivity contribution in [2.24, 2.45) is 7.05 Å². The average molecular weight is 362 g/mol. The average Bonchev–Trinajstić information content (AvgIpc) is 3.03. The maximum absolute atomic E-state index is 11.6. The Labute approximate surface area is 154 Å². The van der Waals surface area contributed by atoms with Gasteiger partial charge in [-0.1, -0.05) is 0 Å². The molecular weight excluding hydrogens is 344 g/mol. The maximum Gasteiger partial charge on any atom is 0.251 e. The molecular formula is C18H18N8O. The Morgan fingerprint density at radius 2 is 2.11 bits per heavy atom. The van der Waals surface area contributed by atoms with E-state index in [2.05, 4.69) is 35.3 Å². The summed E-state index contributed by atoms with van der Waals surface area (Å²) < 4.78 is 1.71. The van der Waals surface area contributed by atoms with Crippen molar-refractivity contribution < 1.29 is 0 Å². The number of hydrogen-bond acceptors (Lipinski definition) is 7. The molecule has 0 radical (unpaired) electrons. The van der Waals surface area contributed by atoms with Gasteiger partial charge >= 0.3 is 0 Å². The predicted octanol–water partition coefficient (Wildman–Crippen LogP) is 1.47. The van der Waals surface area contributed by atoms with Crippen LogP contribution < -0.4 is 10.9 Å². The zero-order valence-corrected chi connectivity index (χ0v) is 15.0. The lowest BCUT2D eigenvalue weighted by molar-refractivity contribution is 0.786. The van der Waals surface area contributed by atoms with Crippen LogP contribution in [-0.2, 0) is 13.5 Å². The minimum Gasteiger partial charge on any atom is -0.369 e. The number of nitrogens with zero attached hydrogens (tertiary/aromatic N) is 6. The highest BCUT2D eigenvalue weighted by Gasteiger charge is 2.13. The second-order valence-electron chi connectivity index (χ2n) is 6.14. The summed E-state index contributed by atoms with van der Waals surface area (Å²) in [5, 5.41) is 8.44. The number of anilines is 1. The third-order valence-electron chi connectivity index (χ3n) is 4.10. The molecule has 0 bridgehead atoms. The summed E-state index contributed by atoms with van der Waals surface area (Å²) >= 11 is 0. The standard InChI is InChI=1S/C18H18N8O/c1-11-22-13(8-15(27)23-11)5-7-20-17-14-10-21-26(2)18(14)25-16(24-17)12-4-3-6-19-9-12/h3-4,6,8-10H,5,7H2,1-2H3,(H,20,24,25)(H,22,23,27). The third-order valence-corrected chi connectivity index (χ3v) is 4.10. The van der Waals surface area contributed by atoms with Gasteiger partial charge in [0, 0.05) is 49.7 Å². The molecule has 4 aromatic rings. The molecule has 0 amide bonds. The van der Waals surface area contributed by atoms with E-state index in [1.165, 1.54) is 6.07 Å². The zero-order valence-electron chi connectivity index (χ0n) is 15.0. The van der Waals surface area contributed by atoms with E-state index in [0.717, 1.165) is 22.3 Å². The highest BCUT2D eigenvalue weighted by molar-refractivity contribution is 5.88. The lowest BCUT2D eigenvalue weighted by Crippen LogP contribution is -2.14. The maximum atomic E-state index is 11.6. The van der Waals surface area contributed by atoms with Gasteiger partial charge in [0.15, 0.2) is 11.5 Å². The monoisotopic (exact) mass is 362 g/mol. The van der Waals surface area contributed by atoms with Gasteiger partial charge in [0.2, 0.25) is 0 Å². The second-order valence-corrected chi connectivity index (χ2v) is 6.14. The Kier molecular flexibility index (Phi) is 4.33. The van der Waals surface area contributed by atoms with Crippen molar-refractivity contribution in [1.29, 1.82) is 0 Å². The summed E-state index contributed by atoms with van der Waals surface area (Å²) in [4.78, 5) is 31.9. The van der Waals surface area contributed by atoms with Gasteiger partial charge in [-0.15, -0.1) is 0 Å². The Morgan fingerprint density at radius 3 is 2.89 bits per heavy atom. The Balaban J connectivity index is 1.63. The molecule has 9 nitrogen and oxygen atoms in total. The molecule has 0 aromatic carbocycles. The van der Waals surface area contributed by atoms with Crippen LogP contribution in [0.25, 0.3) is 22.4 Å². The lowest BCUT2D eigenvalue weighted by Gasteiger charge is -2.09. The molecule has 4 aromatic heterocycles. The summed E-state index contributed by atoms with van der Waals surface area (Å²) in [5.41, 5.74) is 2.15. The Hall–Kier alpha value is -3.62. The first-order valence-corrected chi connectivity index (χ1v) is 8.51. The van der Waals surface area contributed by atoms with Crippen LogP contribution >= 0.6 is 0 Å². The quantitative estimate of drug-likeness (QED) is 0.552. The van der Waals surface area contributed by atoms with Gasteiger partial charge in [-0.05, 0) is 19.1 Å². The van der Waals surface area contributed by atoms with Gasteiger partial charge in [-0.3, -0.25) is 14.5 Å². The Bertz CT molecular complexity index is 1150. The minimum absolute atomic E-state index is 0.145. The minimum atomic E-state index is -0.145. The van der Waals surface area contributed by atoms with Crippen LogP contribution in [0.2, 0.25) is 0 Å². The van der Waals surface area contributed by atoms with E-state index in [4.69, 9.17) is 0 Å². The summed E-state index contributed by atoms with van der Waals surface area (Å²) in [5.74, 6) is 1.87. The van der Waals surface area contributed by atoms with Crippen LogP contribution in [0, 0.1) is 6.92 Å². The summed E-state index contributed by atoms with van der Waals surface area (Å²) in [7, 11) is 1.84. The second kappa shape index (κ2) is 6.94. The van der Waals surface area contributed by atoms with E-state index >= 15 is 0 Å². The van der Waals surface area contributed by atoms with E-state index in [1.54, 1.807) is 30.2 Å². The van der Waals surface area contributed by atoms with Crippen LogP contribution in [0.5, 0.6) is 0 Å². The van der Waals surface area contributed by atoms with Crippen LogP contribution in [0.3, 0.4) is 0 Å². The van der Waals surface area contributed by atoms with Crippen molar-refractivity contribution in [2.45, 2.75) is 13.3 Å². The summed E-state index contributed by atoms with van der Waals surface area (Å²) in [6.45, 7) is 2.34. The summed E-state index contributed by atoms with van der Waals surface area (Å²) in [6.07, 6.45) is 5.77. The molecule has 2 N–H and O–H groups in total. The first kappa shape index (κ1) is 16.8. The van der Waals surface area contributed by atoms with Gasteiger partial charge in [0.25, 0.3) is 5.56 Å². The van der Waals surface area contributed by atoms with Crippen LogP contribution in [0.4, 0.5) is 5.82 Å². The van der Waals surface area contributed by atoms with Crippen LogP contribution in [-0.4, -0.2) is 41.2 Å². The van der Waals surface area contributed by atoms with Gasteiger partial charge in [0.1, 0.15) is 11.6 Å². The van der Waals surface area contributed by atoms with Crippen LogP contribution in [0.1, 0.15) is 11.5 Å². The first-order valence-electron chi connectivity index (χ1n) is 8.51. The van der Waals surface area contributed by atoms with Gasteiger partial charge < -0.3 is 10.3 Å². The molecule has 27 heavy (non-hydrogen) atoms. The van der Waals surface area contributed by atoms with Gasteiger partial charge in [-0.25, -0.2) is 15.0 Å². The largest absolute Gasteiger partial charge is 0.369 e. The molecule has 0 saturated heterocycles. The number of aromatic amines is 1. The number of hydrogen-bond donors (Lipinski definition) is 2. The first-order chi connectivity index (χ1) is 13.1. The molecule has 4 rings (SSSR count). The predicted molar refractivity (Wildman–Crippen MR) is 101 cm³/mol. The smallest absolute Gasteiger partial charge is 0.251 e. The zero-order chi connectivity index (χ0) is 18.8. The molecule has 0 atom stereocenters. The molecule has 0 fully saturated rings. The fraction of sp³-hybridized carbons (Fsp3) is 0.222. The third kappa shape index (κ3) is 3.52. The van der Waals surface area contributed by atoms with Crippen molar-refractivity contribution in [1.82, 2.24) is 34.7 Å². The fourth-order valence-corrected chi connectivity index (χ4v) is 2.86. The molecule has 0 saturated carbocycles. The lowest BCUT2D eigenvalue weighted by atomic mass is 10.2. The molecule has 0 aliphatic carbocycles. The van der Waals surface area contributed by atoms with E-state index in [0.29, 0.717) is 30.4 Å². The van der Waals surface area contributed by atoms with E-state index < -0.39 is 0 Å². The topological polar surface area (TPSA) is 114 Å². The number of aromatic nitrogens is 7. The number of nitrogens with one attached hydrogen (secondary N) is 2. The molecule has 4 heterocycles. The molecule has 0 spiro atoms. The van der Waals surface area contributed by atoms with Crippen LogP contribution in [0.15, 0.2) is 41.6 Å². The van der Waals surface area contributed by atoms with Gasteiger partial charge in [0.05, 0.1) is 11.6 Å². The number of aryl methyl sites for hydroxylation is 2. The van der Waals surface area contributed by atoms with Gasteiger partial charge in [-0.2, -0.15) is 5.10 Å². The number of fused-ring (bicyclic) bond motifs is 1. The molecule has 0 aliphatic rings.